The molecule has 0 saturated heterocycles. The van der Waals surface area contributed by atoms with E-state index in [-0.39, 0.29) is 0 Å². The van der Waals surface area contributed by atoms with Crippen molar-refractivity contribution >= 4 is 15.9 Å². The maximum absolute atomic E-state index is 4.41. The van der Waals surface area contributed by atoms with Crippen LogP contribution >= 0.6 is 15.9 Å². The number of aromatic amines is 1. The Bertz CT molecular complexity index is 443. The van der Waals surface area contributed by atoms with Crippen molar-refractivity contribution in [3.63, 3.8) is 0 Å². The van der Waals surface area contributed by atoms with Crippen LogP contribution in [0.5, 0.6) is 0 Å². The first-order chi connectivity index (χ1) is 6.66. The molecule has 0 bridgehead atoms. The van der Waals surface area contributed by atoms with Gasteiger partial charge in [0.15, 0.2) is 0 Å². The molecular weight excluding hydrogens is 240 g/mol. The van der Waals surface area contributed by atoms with Gasteiger partial charge in [0.2, 0.25) is 0 Å². The molecular formula is C11H11BrN2. The van der Waals surface area contributed by atoms with Crippen LogP contribution in [-0.4, -0.2) is 9.97 Å². The van der Waals surface area contributed by atoms with Crippen LogP contribution in [0.4, 0.5) is 0 Å². The zero-order chi connectivity index (χ0) is 10.1. The molecule has 0 aliphatic rings. The number of nitrogens with zero attached hydrogens (tertiary/aromatic N) is 1. The fourth-order valence-electron chi connectivity index (χ4n) is 1.37. The topological polar surface area (TPSA) is 28.7 Å². The van der Waals surface area contributed by atoms with Gasteiger partial charge in [0, 0.05) is 5.56 Å². The Kier molecular flexibility index (Phi) is 2.42. The summed E-state index contributed by atoms with van der Waals surface area (Å²) in [7, 11) is 0. The highest BCUT2D eigenvalue weighted by Gasteiger charge is 2.06. The van der Waals surface area contributed by atoms with Crippen molar-refractivity contribution < 1.29 is 0 Å². The van der Waals surface area contributed by atoms with Gasteiger partial charge in [-0.1, -0.05) is 29.8 Å². The molecule has 2 nitrogen and oxygen atoms in total. The highest BCUT2D eigenvalue weighted by Crippen LogP contribution is 2.25. The Labute approximate surface area is 91.5 Å². The molecule has 0 saturated carbocycles. The summed E-state index contributed by atoms with van der Waals surface area (Å²) in [6.07, 6.45) is 0. The van der Waals surface area contributed by atoms with Crippen LogP contribution < -0.4 is 0 Å². The molecule has 0 radical (unpaired) electrons. The van der Waals surface area contributed by atoms with Gasteiger partial charge in [0.05, 0.1) is 0 Å². The highest BCUT2D eigenvalue weighted by molar-refractivity contribution is 9.10. The van der Waals surface area contributed by atoms with Gasteiger partial charge in [-0.2, -0.15) is 0 Å². The van der Waals surface area contributed by atoms with E-state index in [1.165, 1.54) is 5.56 Å². The smallest absolute Gasteiger partial charge is 0.110 e. The van der Waals surface area contributed by atoms with Gasteiger partial charge in [-0.05, 0) is 29.8 Å². The summed E-state index contributed by atoms with van der Waals surface area (Å²) in [5.74, 6) is 0.924. The molecule has 0 unspecified atom stereocenters. The third kappa shape index (κ3) is 1.73. The summed E-state index contributed by atoms with van der Waals surface area (Å²) in [6, 6.07) is 8.34. The largest absolute Gasteiger partial charge is 0.336 e. The standard InChI is InChI=1S/C11H11BrN2/c1-7-3-5-9(6-4-7)10-11(12)14-8(2)13-10/h3-6H,1-2H3,(H,13,14). The zero-order valence-electron chi connectivity index (χ0n) is 8.13. The molecule has 14 heavy (non-hydrogen) atoms. The van der Waals surface area contributed by atoms with Crippen molar-refractivity contribution in [2.45, 2.75) is 13.8 Å². The number of H-pyrrole nitrogens is 1. The van der Waals surface area contributed by atoms with Crippen LogP contribution in [0.3, 0.4) is 0 Å². The first-order valence-electron chi connectivity index (χ1n) is 4.46. The monoisotopic (exact) mass is 250 g/mol. The first kappa shape index (κ1) is 9.46. The number of nitrogens with one attached hydrogen (secondary N) is 1. The number of benzene rings is 1. The van der Waals surface area contributed by atoms with Crippen molar-refractivity contribution in [1.82, 2.24) is 9.97 Å². The summed E-state index contributed by atoms with van der Waals surface area (Å²) in [4.78, 5) is 7.53. The molecule has 1 heterocycles. The molecule has 1 aromatic heterocycles. The lowest BCUT2D eigenvalue weighted by Gasteiger charge is -1.97. The summed E-state index contributed by atoms with van der Waals surface area (Å²) >= 11 is 3.45. The minimum atomic E-state index is 0.924. The van der Waals surface area contributed by atoms with Crippen molar-refractivity contribution in [3.05, 3.63) is 40.3 Å². The quantitative estimate of drug-likeness (QED) is 0.826. The molecule has 3 heteroatoms. The summed E-state index contributed by atoms with van der Waals surface area (Å²) in [5.41, 5.74) is 3.37. The number of aromatic nitrogens is 2. The third-order valence-corrected chi connectivity index (χ3v) is 2.68. The van der Waals surface area contributed by atoms with Crippen LogP contribution in [0.1, 0.15) is 11.4 Å². The molecule has 0 amide bonds. The minimum absolute atomic E-state index is 0.924. The van der Waals surface area contributed by atoms with E-state index in [9.17, 15) is 0 Å². The molecule has 0 spiro atoms. The van der Waals surface area contributed by atoms with Crippen molar-refractivity contribution in [2.75, 3.05) is 0 Å². The maximum Gasteiger partial charge on any atom is 0.110 e. The van der Waals surface area contributed by atoms with E-state index in [0.717, 1.165) is 21.7 Å². The van der Waals surface area contributed by atoms with Crippen LogP contribution in [0.15, 0.2) is 28.9 Å². The van der Waals surface area contributed by atoms with Crippen molar-refractivity contribution in [3.8, 4) is 11.3 Å². The van der Waals surface area contributed by atoms with Crippen molar-refractivity contribution in [2.24, 2.45) is 0 Å². The van der Waals surface area contributed by atoms with E-state index < -0.39 is 0 Å². The molecule has 2 aromatic rings. The average Bonchev–Trinajstić information content (AvgIpc) is 2.47. The Morgan fingerprint density at radius 2 is 1.79 bits per heavy atom. The van der Waals surface area contributed by atoms with Gasteiger partial charge < -0.3 is 4.98 Å². The zero-order valence-corrected chi connectivity index (χ0v) is 9.72. The Hall–Kier alpha value is -1.09. The van der Waals surface area contributed by atoms with Gasteiger partial charge >= 0.3 is 0 Å². The molecule has 0 aliphatic heterocycles. The second kappa shape index (κ2) is 3.58. The molecule has 1 aromatic carbocycles. The van der Waals surface area contributed by atoms with Crippen LogP contribution in [0.25, 0.3) is 11.3 Å². The van der Waals surface area contributed by atoms with Crippen molar-refractivity contribution in [1.29, 1.82) is 0 Å². The highest BCUT2D eigenvalue weighted by atomic mass is 79.9. The third-order valence-electron chi connectivity index (χ3n) is 2.10. The fourth-order valence-corrected chi connectivity index (χ4v) is 1.97. The van der Waals surface area contributed by atoms with Crippen LogP contribution in [0, 0.1) is 13.8 Å². The van der Waals surface area contributed by atoms with E-state index in [2.05, 4.69) is 57.1 Å². The van der Waals surface area contributed by atoms with Gasteiger partial charge in [-0.25, -0.2) is 4.98 Å². The fraction of sp³-hybridized carbons (Fsp3) is 0.182. The second-order valence-electron chi connectivity index (χ2n) is 3.35. The normalized spacial score (nSPS) is 10.5. The predicted molar refractivity (Wildman–Crippen MR) is 61.2 cm³/mol. The Morgan fingerprint density at radius 3 is 2.29 bits per heavy atom. The lowest BCUT2D eigenvalue weighted by atomic mass is 10.1. The second-order valence-corrected chi connectivity index (χ2v) is 4.14. The molecule has 0 atom stereocenters. The number of imidazole rings is 1. The predicted octanol–water partition coefficient (Wildman–Crippen LogP) is 3.46. The molecule has 72 valence electrons. The van der Waals surface area contributed by atoms with Gasteiger partial charge in [-0.15, -0.1) is 0 Å². The van der Waals surface area contributed by atoms with Crippen LogP contribution in [0.2, 0.25) is 0 Å². The van der Waals surface area contributed by atoms with Gasteiger partial charge in [0.1, 0.15) is 16.1 Å². The minimum Gasteiger partial charge on any atom is -0.336 e. The molecule has 1 N–H and O–H groups in total. The number of hydrogen-bond acceptors (Lipinski definition) is 1. The summed E-state index contributed by atoms with van der Waals surface area (Å²) < 4.78 is 0.943. The molecule has 2 rings (SSSR count). The molecule has 0 fully saturated rings. The molecule has 0 aliphatic carbocycles. The number of hydrogen-bond donors (Lipinski definition) is 1. The Morgan fingerprint density at radius 1 is 1.14 bits per heavy atom. The van der Waals surface area contributed by atoms with E-state index in [1.807, 2.05) is 6.92 Å². The number of rotatable bonds is 1. The lowest BCUT2D eigenvalue weighted by Crippen LogP contribution is -1.79. The van der Waals surface area contributed by atoms with E-state index in [0.29, 0.717) is 0 Å². The summed E-state index contributed by atoms with van der Waals surface area (Å²) in [6.45, 7) is 4.02. The first-order valence-corrected chi connectivity index (χ1v) is 5.25. The van der Waals surface area contributed by atoms with E-state index in [1.54, 1.807) is 0 Å². The van der Waals surface area contributed by atoms with E-state index >= 15 is 0 Å². The Balaban J connectivity index is 2.49. The average molecular weight is 251 g/mol. The maximum atomic E-state index is 4.41. The van der Waals surface area contributed by atoms with Gasteiger partial charge in [-0.3, -0.25) is 0 Å². The number of aryl methyl sites for hydroxylation is 2. The lowest BCUT2D eigenvalue weighted by molar-refractivity contribution is 1.14. The van der Waals surface area contributed by atoms with Gasteiger partial charge in [0.25, 0.3) is 0 Å². The van der Waals surface area contributed by atoms with E-state index in [4.69, 9.17) is 0 Å². The van der Waals surface area contributed by atoms with Crippen LogP contribution in [-0.2, 0) is 0 Å². The number of halogens is 1. The SMILES string of the molecule is Cc1ccc(-c2nc(C)[nH]c2Br)cc1. The summed E-state index contributed by atoms with van der Waals surface area (Å²) in [5, 5.41) is 0.